The molecule has 1 unspecified atom stereocenters. The number of benzene rings is 1. The van der Waals surface area contributed by atoms with E-state index in [1.807, 2.05) is 18.2 Å². The van der Waals surface area contributed by atoms with Gasteiger partial charge in [0.2, 0.25) is 0 Å². The predicted octanol–water partition coefficient (Wildman–Crippen LogP) is 3.20. The van der Waals surface area contributed by atoms with Crippen molar-refractivity contribution in [3.8, 4) is 5.75 Å². The van der Waals surface area contributed by atoms with Crippen molar-refractivity contribution >= 4 is 11.3 Å². The summed E-state index contributed by atoms with van der Waals surface area (Å²) in [6.45, 7) is 3.58. The second-order valence-electron chi connectivity index (χ2n) is 4.95. The first-order valence-electron chi connectivity index (χ1n) is 6.73. The molecule has 0 aliphatic heterocycles. The molecule has 0 spiro atoms. The van der Waals surface area contributed by atoms with Crippen LogP contribution in [0.25, 0.3) is 0 Å². The molecule has 4 heteroatoms. The number of thiophene rings is 1. The zero-order chi connectivity index (χ0) is 14.5. The smallest absolute Gasteiger partial charge is 0.123 e. The van der Waals surface area contributed by atoms with Gasteiger partial charge in [-0.05, 0) is 37.0 Å². The van der Waals surface area contributed by atoms with Crippen LogP contribution in [-0.2, 0) is 6.54 Å². The topological polar surface area (TPSA) is 38.5 Å². The molecule has 1 atom stereocenters. The molecule has 0 aliphatic rings. The van der Waals surface area contributed by atoms with E-state index in [9.17, 15) is 0 Å². The molecule has 20 heavy (non-hydrogen) atoms. The number of nitrogens with two attached hydrogens (primary N) is 1. The maximum absolute atomic E-state index is 5.99. The minimum absolute atomic E-state index is 0.250. The number of hydrogen-bond acceptors (Lipinski definition) is 4. The molecule has 1 heterocycles. The van der Waals surface area contributed by atoms with E-state index in [0.717, 1.165) is 12.3 Å². The molecular formula is C16H22N2OS. The first-order valence-corrected chi connectivity index (χ1v) is 7.61. The number of rotatable bonds is 6. The Balaban J connectivity index is 2.18. The molecule has 3 nitrogen and oxygen atoms in total. The van der Waals surface area contributed by atoms with Gasteiger partial charge < -0.3 is 10.5 Å². The summed E-state index contributed by atoms with van der Waals surface area (Å²) in [4.78, 5) is 3.64. The molecule has 0 fully saturated rings. The lowest BCUT2D eigenvalue weighted by molar-refractivity contribution is 0.241. The molecule has 2 aromatic rings. The quantitative estimate of drug-likeness (QED) is 0.888. The average molecular weight is 290 g/mol. The minimum Gasteiger partial charge on any atom is -0.496 e. The molecule has 2 N–H and O–H groups in total. The van der Waals surface area contributed by atoms with Crippen LogP contribution in [0, 0.1) is 6.92 Å². The van der Waals surface area contributed by atoms with E-state index in [0.29, 0.717) is 6.54 Å². The zero-order valence-corrected chi connectivity index (χ0v) is 13.1. The third kappa shape index (κ3) is 3.20. The van der Waals surface area contributed by atoms with Crippen LogP contribution in [0.2, 0.25) is 0 Å². The number of aryl methyl sites for hydroxylation is 1. The van der Waals surface area contributed by atoms with Crippen LogP contribution in [0.3, 0.4) is 0 Å². The van der Waals surface area contributed by atoms with Crippen LogP contribution in [-0.4, -0.2) is 25.6 Å². The van der Waals surface area contributed by atoms with E-state index in [-0.39, 0.29) is 6.04 Å². The summed E-state index contributed by atoms with van der Waals surface area (Å²) in [5.74, 6) is 0.929. The van der Waals surface area contributed by atoms with Gasteiger partial charge in [0, 0.05) is 23.5 Å². The molecule has 0 aliphatic carbocycles. The highest BCUT2D eigenvalue weighted by Gasteiger charge is 2.19. The number of ether oxygens (including phenoxy) is 1. The van der Waals surface area contributed by atoms with E-state index < -0.39 is 0 Å². The number of para-hydroxylation sites is 1. The van der Waals surface area contributed by atoms with Gasteiger partial charge in [-0.2, -0.15) is 0 Å². The monoisotopic (exact) mass is 290 g/mol. The Morgan fingerprint density at radius 2 is 2.05 bits per heavy atom. The Labute approximate surface area is 125 Å². The number of likely N-dealkylation sites (N-methyl/N-ethyl adjacent to an activating group) is 1. The first-order chi connectivity index (χ1) is 9.67. The molecule has 108 valence electrons. The summed E-state index contributed by atoms with van der Waals surface area (Å²) in [5.41, 5.74) is 8.49. The summed E-state index contributed by atoms with van der Waals surface area (Å²) in [6.07, 6.45) is 0. The van der Waals surface area contributed by atoms with E-state index in [2.05, 4.69) is 36.4 Å². The van der Waals surface area contributed by atoms with Crippen molar-refractivity contribution in [1.29, 1.82) is 0 Å². The van der Waals surface area contributed by atoms with Crippen molar-refractivity contribution in [2.45, 2.75) is 19.5 Å². The molecular weight excluding hydrogens is 268 g/mol. The van der Waals surface area contributed by atoms with Crippen LogP contribution >= 0.6 is 11.3 Å². The maximum atomic E-state index is 5.99. The van der Waals surface area contributed by atoms with E-state index in [1.165, 1.54) is 16.0 Å². The van der Waals surface area contributed by atoms with E-state index >= 15 is 0 Å². The summed E-state index contributed by atoms with van der Waals surface area (Å²) >= 11 is 1.78. The van der Waals surface area contributed by atoms with Gasteiger partial charge in [0.15, 0.2) is 0 Å². The van der Waals surface area contributed by atoms with Gasteiger partial charge in [0.25, 0.3) is 0 Å². The zero-order valence-electron chi connectivity index (χ0n) is 12.3. The SMILES string of the molecule is COc1ccccc1CN(C)C(CN)c1sccc1C. The first kappa shape index (κ1) is 15.0. The van der Waals surface area contributed by atoms with Crippen LogP contribution in [0.4, 0.5) is 0 Å². The third-order valence-electron chi connectivity index (χ3n) is 3.57. The second kappa shape index (κ2) is 6.88. The molecule has 0 radical (unpaired) electrons. The van der Waals surface area contributed by atoms with Crippen molar-refractivity contribution in [3.63, 3.8) is 0 Å². The lowest BCUT2D eigenvalue weighted by Crippen LogP contribution is -2.30. The number of methoxy groups -OCH3 is 1. The molecule has 2 rings (SSSR count). The van der Waals surface area contributed by atoms with Gasteiger partial charge in [-0.25, -0.2) is 0 Å². The molecule has 1 aromatic carbocycles. The average Bonchev–Trinajstić information content (AvgIpc) is 2.87. The normalized spacial score (nSPS) is 12.7. The Hall–Kier alpha value is -1.36. The lowest BCUT2D eigenvalue weighted by atomic mass is 10.1. The van der Waals surface area contributed by atoms with Crippen LogP contribution in [0.1, 0.15) is 22.0 Å². The van der Waals surface area contributed by atoms with Gasteiger partial charge >= 0.3 is 0 Å². The Morgan fingerprint density at radius 1 is 1.30 bits per heavy atom. The Kier molecular flexibility index (Phi) is 5.17. The fraction of sp³-hybridized carbons (Fsp3) is 0.375. The highest BCUT2D eigenvalue weighted by molar-refractivity contribution is 7.10. The molecule has 1 aromatic heterocycles. The van der Waals surface area contributed by atoms with Gasteiger partial charge in [0.05, 0.1) is 13.2 Å². The summed E-state index contributed by atoms with van der Waals surface area (Å²) < 4.78 is 5.42. The summed E-state index contributed by atoms with van der Waals surface area (Å²) in [7, 11) is 3.83. The Bertz CT molecular complexity index is 553. The van der Waals surface area contributed by atoms with E-state index in [1.54, 1.807) is 18.4 Å². The van der Waals surface area contributed by atoms with Crippen LogP contribution < -0.4 is 10.5 Å². The second-order valence-corrected chi connectivity index (χ2v) is 5.89. The fourth-order valence-electron chi connectivity index (χ4n) is 2.43. The van der Waals surface area contributed by atoms with Crippen molar-refractivity contribution in [2.75, 3.05) is 20.7 Å². The standard InChI is InChI=1S/C16H22N2OS/c1-12-8-9-20-16(12)14(10-17)18(2)11-13-6-4-5-7-15(13)19-3/h4-9,14H,10-11,17H2,1-3H3. The van der Waals surface area contributed by atoms with E-state index in [4.69, 9.17) is 10.5 Å². The van der Waals surface area contributed by atoms with Crippen LogP contribution in [0.5, 0.6) is 5.75 Å². The van der Waals surface area contributed by atoms with Crippen molar-refractivity contribution < 1.29 is 4.74 Å². The Morgan fingerprint density at radius 3 is 2.65 bits per heavy atom. The third-order valence-corrected chi connectivity index (χ3v) is 4.69. The van der Waals surface area contributed by atoms with Crippen LogP contribution in [0.15, 0.2) is 35.7 Å². The molecule has 0 bridgehead atoms. The predicted molar refractivity (Wildman–Crippen MR) is 85.3 cm³/mol. The summed E-state index contributed by atoms with van der Waals surface area (Å²) in [6, 6.07) is 10.5. The van der Waals surface area contributed by atoms with Gasteiger partial charge in [0.1, 0.15) is 5.75 Å². The fourth-order valence-corrected chi connectivity index (χ4v) is 3.53. The highest BCUT2D eigenvalue weighted by atomic mass is 32.1. The molecule has 0 saturated carbocycles. The van der Waals surface area contributed by atoms with Gasteiger partial charge in [-0.1, -0.05) is 18.2 Å². The van der Waals surface area contributed by atoms with Crippen molar-refractivity contribution in [1.82, 2.24) is 4.90 Å². The number of hydrogen-bond donors (Lipinski definition) is 1. The van der Waals surface area contributed by atoms with Gasteiger partial charge in [-0.3, -0.25) is 4.90 Å². The van der Waals surface area contributed by atoms with Crippen molar-refractivity contribution in [2.24, 2.45) is 5.73 Å². The summed E-state index contributed by atoms with van der Waals surface area (Å²) in [5, 5.41) is 2.13. The van der Waals surface area contributed by atoms with Gasteiger partial charge in [-0.15, -0.1) is 11.3 Å². The molecule has 0 saturated heterocycles. The highest BCUT2D eigenvalue weighted by Crippen LogP contribution is 2.29. The van der Waals surface area contributed by atoms with Crippen molar-refractivity contribution in [3.05, 3.63) is 51.7 Å². The lowest BCUT2D eigenvalue weighted by Gasteiger charge is -2.27. The maximum Gasteiger partial charge on any atom is 0.123 e. The largest absolute Gasteiger partial charge is 0.496 e. The molecule has 0 amide bonds. The number of nitrogens with zero attached hydrogens (tertiary/aromatic N) is 1. The minimum atomic E-state index is 0.250.